The lowest BCUT2D eigenvalue weighted by atomic mass is 9.75. The molecule has 1 aromatic carbocycles. The lowest BCUT2D eigenvalue weighted by Crippen LogP contribution is -2.39. The van der Waals surface area contributed by atoms with Gasteiger partial charge in [0.2, 0.25) is 0 Å². The van der Waals surface area contributed by atoms with Crippen LogP contribution in [-0.2, 0) is 9.47 Å². The molecule has 1 aromatic rings. The normalized spacial score (nSPS) is 30.5. The second kappa shape index (κ2) is 6.85. The van der Waals surface area contributed by atoms with Gasteiger partial charge in [-0.05, 0) is 5.56 Å². The number of methoxy groups -OCH3 is 2. The fraction of sp³-hybridized carbons (Fsp3) is 0.500. The van der Waals surface area contributed by atoms with Crippen molar-refractivity contribution in [1.29, 1.82) is 0 Å². The molecule has 0 bridgehead atoms. The molecule has 104 valence electrons. The molecule has 0 amide bonds. The molecule has 2 rings (SSSR count). The van der Waals surface area contributed by atoms with Gasteiger partial charge in [0.15, 0.2) is 0 Å². The van der Waals surface area contributed by atoms with Crippen LogP contribution in [0.3, 0.4) is 0 Å². The molecule has 0 aromatic heterocycles. The van der Waals surface area contributed by atoms with Crippen molar-refractivity contribution in [2.24, 2.45) is 11.8 Å². The molecule has 0 saturated carbocycles. The molecule has 1 aliphatic carbocycles. The topological polar surface area (TPSA) is 38.7 Å². The fourth-order valence-electron chi connectivity index (χ4n) is 2.81. The zero-order valence-corrected chi connectivity index (χ0v) is 11.5. The highest BCUT2D eigenvalue weighted by Gasteiger charge is 2.35. The molecular formula is C16H22O3. The zero-order chi connectivity index (χ0) is 13.7. The molecule has 3 heteroatoms. The van der Waals surface area contributed by atoms with E-state index in [1.165, 1.54) is 0 Å². The second-order valence-corrected chi connectivity index (χ2v) is 5.05. The van der Waals surface area contributed by atoms with Gasteiger partial charge in [-0.1, -0.05) is 42.5 Å². The molecule has 0 aliphatic heterocycles. The molecule has 0 saturated heterocycles. The molecule has 0 fully saturated rings. The van der Waals surface area contributed by atoms with Crippen molar-refractivity contribution in [1.82, 2.24) is 0 Å². The summed E-state index contributed by atoms with van der Waals surface area (Å²) >= 11 is 0. The number of benzene rings is 1. The first kappa shape index (κ1) is 14.3. The van der Waals surface area contributed by atoms with E-state index in [-0.39, 0.29) is 17.8 Å². The van der Waals surface area contributed by atoms with Crippen LogP contribution in [0.4, 0.5) is 0 Å². The highest BCUT2D eigenvalue weighted by molar-refractivity contribution is 5.28. The Morgan fingerprint density at radius 2 is 1.68 bits per heavy atom. The van der Waals surface area contributed by atoms with E-state index in [4.69, 9.17) is 9.47 Å². The monoisotopic (exact) mass is 262 g/mol. The number of ether oxygens (including phenoxy) is 2. The van der Waals surface area contributed by atoms with Crippen LogP contribution < -0.4 is 0 Å². The molecule has 1 N–H and O–H groups in total. The van der Waals surface area contributed by atoms with Gasteiger partial charge in [0, 0.05) is 32.0 Å². The van der Waals surface area contributed by atoms with Crippen molar-refractivity contribution in [2.75, 3.05) is 27.4 Å². The van der Waals surface area contributed by atoms with E-state index in [2.05, 4.69) is 24.3 Å². The van der Waals surface area contributed by atoms with Gasteiger partial charge in [-0.15, -0.1) is 0 Å². The predicted molar refractivity (Wildman–Crippen MR) is 75.1 cm³/mol. The summed E-state index contributed by atoms with van der Waals surface area (Å²) in [5.74, 6) is 0.314. The van der Waals surface area contributed by atoms with E-state index in [1.54, 1.807) is 14.2 Å². The maximum Gasteiger partial charge on any atom is 0.0699 e. The molecule has 1 aliphatic rings. The summed E-state index contributed by atoms with van der Waals surface area (Å²) in [5, 5.41) is 10.6. The molecule has 0 spiro atoms. The number of aliphatic hydroxyl groups excluding tert-OH is 1. The van der Waals surface area contributed by atoms with Gasteiger partial charge in [-0.3, -0.25) is 0 Å². The maximum absolute atomic E-state index is 10.6. The Balaban J connectivity index is 2.21. The number of rotatable bonds is 5. The Bertz CT molecular complexity index is 402. The lowest BCUT2D eigenvalue weighted by molar-refractivity contribution is -0.00583. The first-order chi connectivity index (χ1) is 9.27. The standard InChI is InChI=1S/C16H22O3/c1-18-10-13-8-9-14(12-6-4-3-5-7-12)16(17)15(13)11-19-2/h3-9,13-17H,10-11H2,1-2H3/t13-,14-,15+,16-/m0/s1. The van der Waals surface area contributed by atoms with Crippen LogP contribution in [0.1, 0.15) is 11.5 Å². The van der Waals surface area contributed by atoms with E-state index >= 15 is 0 Å². The average molecular weight is 262 g/mol. The number of hydrogen-bond acceptors (Lipinski definition) is 3. The Labute approximate surface area is 114 Å². The van der Waals surface area contributed by atoms with Gasteiger partial charge in [-0.25, -0.2) is 0 Å². The fourth-order valence-corrected chi connectivity index (χ4v) is 2.81. The van der Waals surface area contributed by atoms with E-state index in [1.807, 2.05) is 18.2 Å². The van der Waals surface area contributed by atoms with E-state index < -0.39 is 6.10 Å². The van der Waals surface area contributed by atoms with Crippen molar-refractivity contribution in [3.8, 4) is 0 Å². The minimum Gasteiger partial charge on any atom is -0.392 e. The van der Waals surface area contributed by atoms with Gasteiger partial charge < -0.3 is 14.6 Å². The lowest BCUT2D eigenvalue weighted by Gasteiger charge is -2.36. The predicted octanol–water partition coefficient (Wildman–Crippen LogP) is 2.23. The molecule has 0 heterocycles. The summed E-state index contributed by atoms with van der Waals surface area (Å²) in [6.07, 6.45) is 3.81. The van der Waals surface area contributed by atoms with E-state index in [0.29, 0.717) is 13.2 Å². The Hall–Kier alpha value is -1.16. The number of hydrogen-bond donors (Lipinski definition) is 1. The van der Waals surface area contributed by atoms with Gasteiger partial charge in [0.25, 0.3) is 0 Å². The van der Waals surface area contributed by atoms with Crippen molar-refractivity contribution in [2.45, 2.75) is 12.0 Å². The first-order valence-electron chi connectivity index (χ1n) is 6.67. The average Bonchev–Trinajstić information content (AvgIpc) is 2.44. The highest BCUT2D eigenvalue weighted by Crippen LogP contribution is 2.35. The SMILES string of the molecule is COC[C@H]1[C@@H](O)[C@H](c2ccccc2)C=C[C@H]1COC. The summed E-state index contributed by atoms with van der Waals surface area (Å²) in [6.45, 7) is 1.16. The first-order valence-corrected chi connectivity index (χ1v) is 6.67. The van der Waals surface area contributed by atoms with Crippen LogP contribution in [0.5, 0.6) is 0 Å². The third-order valence-electron chi connectivity index (χ3n) is 3.82. The quantitative estimate of drug-likeness (QED) is 0.827. The summed E-state index contributed by atoms with van der Waals surface area (Å²) in [4.78, 5) is 0. The molecule has 4 atom stereocenters. The summed E-state index contributed by atoms with van der Waals surface area (Å²) < 4.78 is 10.5. The second-order valence-electron chi connectivity index (χ2n) is 5.05. The molecule has 3 nitrogen and oxygen atoms in total. The Kier molecular flexibility index (Phi) is 5.14. The third-order valence-corrected chi connectivity index (χ3v) is 3.82. The zero-order valence-electron chi connectivity index (χ0n) is 11.5. The van der Waals surface area contributed by atoms with Crippen LogP contribution in [0.15, 0.2) is 42.5 Å². The molecule has 0 unspecified atom stereocenters. The van der Waals surface area contributed by atoms with Crippen molar-refractivity contribution in [3.05, 3.63) is 48.0 Å². The maximum atomic E-state index is 10.6. The third kappa shape index (κ3) is 3.24. The van der Waals surface area contributed by atoms with Crippen LogP contribution in [-0.4, -0.2) is 38.6 Å². The summed E-state index contributed by atoms with van der Waals surface area (Å²) in [5.41, 5.74) is 1.14. The number of aliphatic hydroxyl groups is 1. The van der Waals surface area contributed by atoms with Crippen LogP contribution in [0.2, 0.25) is 0 Å². The van der Waals surface area contributed by atoms with Crippen LogP contribution in [0.25, 0.3) is 0 Å². The molecule has 0 radical (unpaired) electrons. The van der Waals surface area contributed by atoms with Crippen LogP contribution >= 0.6 is 0 Å². The minimum absolute atomic E-state index is 0.0365. The van der Waals surface area contributed by atoms with Crippen molar-refractivity contribution >= 4 is 0 Å². The molecular weight excluding hydrogens is 240 g/mol. The Morgan fingerprint density at radius 3 is 2.32 bits per heavy atom. The smallest absolute Gasteiger partial charge is 0.0699 e. The van der Waals surface area contributed by atoms with Gasteiger partial charge in [0.1, 0.15) is 0 Å². The van der Waals surface area contributed by atoms with Crippen molar-refractivity contribution < 1.29 is 14.6 Å². The van der Waals surface area contributed by atoms with E-state index in [0.717, 1.165) is 5.56 Å². The van der Waals surface area contributed by atoms with Crippen molar-refractivity contribution in [3.63, 3.8) is 0 Å². The minimum atomic E-state index is -0.438. The highest BCUT2D eigenvalue weighted by atomic mass is 16.5. The summed E-state index contributed by atoms with van der Waals surface area (Å²) in [6, 6.07) is 10.1. The largest absolute Gasteiger partial charge is 0.392 e. The Morgan fingerprint density at radius 1 is 1.00 bits per heavy atom. The van der Waals surface area contributed by atoms with Crippen LogP contribution in [0, 0.1) is 11.8 Å². The van der Waals surface area contributed by atoms with Gasteiger partial charge in [-0.2, -0.15) is 0 Å². The molecule has 19 heavy (non-hydrogen) atoms. The van der Waals surface area contributed by atoms with Gasteiger partial charge >= 0.3 is 0 Å². The van der Waals surface area contributed by atoms with Gasteiger partial charge in [0.05, 0.1) is 19.3 Å². The van der Waals surface area contributed by atoms with E-state index in [9.17, 15) is 5.11 Å². The summed E-state index contributed by atoms with van der Waals surface area (Å²) in [7, 11) is 3.36.